The largest absolute Gasteiger partial charge is 0.327 e. The summed E-state index contributed by atoms with van der Waals surface area (Å²) in [6.07, 6.45) is 3.67. The number of hydrogen-bond donors (Lipinski definition) is 1. The van der Waals surface area contributed by atoms with E-state index < -0.39 is 8.07 Å². The Morgan fingerprint density at radius 1 is 1.33 bits per heavy atom. The Kier molecular flexibility index (Phi) is 5.70. The van der Waals surface area contributed by atoms with Crippen LogP contribution in [0.4, 0.5) is 0 Å². The van der Waals surface area contributed by atoms with Crippen LogP contribution in [0.25, 0.3) is 0 Å². The van der Waals surface area contributed by atoms with Gasteiger partial charge in [-0.3, -0.25) is 0 Å². The van der Waals surface area contributed by atoms with Crippen molar-refractivity contribution in [1.29, 1.82) is 0 Å². The first kappa shape index (κ1) is 12.7. The molecule has 0 aromatic rings. The summed E-state index contributed by atoms with van der Waals surface area (Å²) in [4.78, 5) is 0. The zero-order valence-electron chi connectivity index (χ0n) is 8.73. The SMILES string of the molecule is CCCC[C@@H](N)[C@H](Br)[Si](C)(C)C. The van der Waals surface area contributed by atoms with Gasteiger partial charge in [-0.15, -0.1) is 0 Å². The van der Waals surface area contributed by atoms with Crippen LogP contribution in [0.2, 0.25) is 19.6 Å². The lowest BCUT2D eigenvalue weighted by molar-refractivity contribution is 0.603. The molecule has 0 rings (SSSR count). The topological polar surface area (TPSA) is 26.0 Å². The minimum Gasteiger partial charge on any atom is -0.327 e. The van der Waals surface area contributed by atoms with Gasteiger partial charge in [0.05, 0.1) is 8.07 Å². The van der Waals surface area contributed by atoms with Crippen molar-refractivity contribution >= 4 is 24.0 Å². The van der Waals surface area contributed by atoms with Gasteiger partial charge in [-0.2, -0.15) is 0 Å². The highest BCUT2D eigenvalue weighted by molar-refractivity contribution is 9.10. The molecule has 0 spiro atoms. The highest BCUT2D eigenvalue weighted by atomic mass is 79.9. The Morgan fingerprint density at radius 3 is 2.17 bits per heavy atom. The van der Waals surface area contributed by atoms with Crippen LogP contribution in [0.3, 0.4) is 0 Å². The van der Waals surface area contributed by atoms with E-state index >= 15 is 0 Å². The van der Waals surface area contributed by atoms with Gasteiger partial charge in [0.1, 0.15) is 0 Å². The van der Waals surface area contributed by atoms with Crippen LogP contribution in [-0.2, 0) is 0 Å². The molecule has 0 heterocycles. The quantitative estimate of drug-likeness (QED) is 0.590. The highest BCUT2D eigenvalue weighted by Crippen LogP contribution is 2.21. The lowest BCUT2D eigenvalue weighted by Crippen LogP contribution is -2.46. The number of hydrogen-bond acceptors (Lipinski definition) is 1. The van der Waals surface area contributed by atoms with Crippen molar-refractivity contribution in [3.63, 3.8) is 0 Å². The Morgan fingerprint density at radius 2 is 1.83 bits per heavy atom. The van der Waals surface area contributed by atoms with E-state index in [0.717, 1.165) is 6.42 Å². The molecule has 1 nitrogen and oxygen atoms in total. The number of unbranched alkanes of at least 4 members (excludes halogenated alkanes) is 1. The molecule has 0 saturated heterocycles. The third-order valence-electron chi connectivity index (χ3n) is 2.09. The second-order valence-electron chi connectivity index (χ2n) is 4.57. The fourth-order valence-electron chi connectivity index (χ4n) is 1.23. The molecule has 0 fully saturated rings. The Hall–Kier alpha value is 0.657. The monoisotopic (exact) mass is 251 g/mol. The third-order valence-corrected chi connectivity index (χ3v) is 8.98. The second kappa shape index (κ2) is 5.40. The Balaban J connectivity index is 3.84. The van der Waals surface area contributed by atoms with Crippen molar-refractivity contribution in [3.05, 3.63) is 0 Å². The number of rotatable bonds is 5. The minimum absolute atomic E-state index is 0.358. The molecule has 0 radical (unpaired) electrons. The summed E-state index contributed by atoms with van der Waals surface area (Å²) in [7, 11) is -1.08. The summed E-state index contributed by atoms with van der Waals surface area (Å²) in [5.41, 5.74) is 6.08. The molecule has 0 aliphatic carbocycles. The van der Waals surface area contributed by atoms with E-state index in [-0.39, 0.29) is 0 Å². The van der Waals surface area contributed by atoms with Gasteiger partial charge in [0.15, 0.2) is 0 Å². The summed E-state index contributed by atoms with van der Waals surface area (Å²) in [6.45, 7) is 9.29. The number of halogens is 1. The van der Waals surface area contributed by atoms with Gasteiger partial charge in [-0.05, 0) is 6.42 Å². The Labute approximate surface area is 86.2 Å². The average molecular weight is 252 g/mol. The lowest BCUT2D eigenvalue weighted by atomic mass is 10.1. The normalized spacial score (nSPS) is 17.5. The van der Waals surface area contributed by atoms with Crippen LogP contribution in [-0.4, -0.2) is 18.6 Å². The van der Waals surface area contributed by atoms with Gasteiger partial charge < -0.3 is 5.73 Å². The van der Waals surface area contributed by atoms with E-state index in [2.05, 4.69) is 42.5 Å². The molecule has 2 N–H and O–H groups in total. The molecule has 0 saturated carbocycles. The molecule has 74 valence electrons. The summed E-state index contributed by atoms with van der Waals surface area (Å²) in [6, 6.07) is 0.358. The number of nitrogens with two attached hydrogens (primary N) is 1. The molecule has 3 heteroatoms. The van der Waals surface area contributed by atoms with Crippen LogP contribution < -0.4 is 5.73 Å². The summed E-state index contributed by atoms with van der Waals surface area (Å²) in [5.74, 6) is 0. The molecule has 12 heavy (non-hydrogen) atoms. The number of alkyl halides is 1. The molecule has 2 atom stereocenters. The molecule has 0 unspecified atom stereocenters. The van der Waals surface area contributed by atoms with Gasteiger partial charge in [-0.25, -0.2) is 0 Å². The van der Waals surface area contributed by atoms with Crippen molar-refractivity contribution in [2.24, 2.45) is 5.73 Å². The van der Waals surface area contributed by atoms with Crippen LogP contribution in [0.1, 0.15) is 26.2 Å². The molecule has 0 aromatic carbocycles. The first-order valence-electron chi connectivity index (χ1n) is 4.79. The van der Waals surface area contributed by atoms with Gasteiger partial charge >= 0.3 is 0 Å². The molecule has 0 aliphatic heterocycles. The van der Waals surface area contributed by atoms with Gasteiger partial charge in [0, 0.05) is 10.5 Å². The van der Waals surface area contributed by atoms with E-state index in [0.29, 0.717) is 10.5 Å². The predicted molar refractivity (Wildman–Crippen MR) is 63.6 cm³/mol. The molecular weight excluding hydrogens is 230 g/mol. The van der Waals surface area contributed by atoms with E-state index in [1.807, 2.05) is 0 Å². The smallest absolute Gasteiger partial charge is 0.0615 e. The summed E-state index contributed by atoms with van der Waals surface area (Å²) in [5, 5.41) is 0. The molecule has 0 aromatic heterocycles. The second-order valence-corrected chi connectivity index (χ2v) is 11.8. The van der Waals surface area contributed by atoms with E-state index in [9.17, 15) is 0 Å². The summed E-state index contributed by atoms with van der Waals surface area (Å²) < 4.78 is 0.566. The first-order chi connectivity index (χ1) is 5.39. The zero-order chi connectivity index (χ0) is 9.78. The Bertz CT molecular complexity index is 122. The molecule has 0 bridgehead atoms. The molecule has 0 aliphatic rings. The van der Waals surface area contributed by atoms with E-state index in [4.69, 9.17) is 5.73 Å². The van der Waals surface area contributed by atoms with Gasteiger partial charge in [0.2, 0.25) is 0 Å². The van der Waals surface area contributed by atoms with E-state index in [1.165, 1.54) is 12.8 Å². The summed E-state index contributed by atoms with van der Waals surface area (Å²) >= 11 is 3.73. The highest BCUT2D eigenvalue weighted by Gasteiger charge is 2.28. The maximum atomic E-state index is 6.08. The van der Waals surface area contributed by atoms with Crippen molar-refractivity contribution < 1.29 is 0 Å². The van der Waals surface area contributed by atoms with Gasteiger partial charge in [0.25, 0.3) is 0 Å². The van der Waals surface area contributed by atoms with Crippen molar-refractivity contribution in [2.45, 2.75) is 56.3 Å². The van der Waals surface area contributed by atoms with Crippen LogP contribution in [0.15, 0.2) is 0 Å². The maximum Gasteiger partial charge on any atom is 0.0615 e. The van der Waals surface area contributed by atoms with Crippen LogP contribution in [0.5, 0.6) is 0 Å². The van der Waals surface area contributed by atoms with E-state index in [1.54, 1.807) is 0 Å². The fraction of sp³-hybridized carbons (Fsp3) is 1.00. The lowest BCUT2D eigenvalue weighted by Gasteiger charge is -2.28. The maximum absolute atomic E-state index is 6.08. The van der Waals surface area contributed by atoms with Crippen LogP contribution >= 0.6 is 15.9 Å². The standard InChI is InChI=1S/C9H22BrNSi/c1-5-6-7-8(11)9(10)12(2,3)4/h8-9H,5-7,11H2,1-4H3/t8-,9-/m1/s1. The van der Waals surface area contributed by atoms with Gasteiger partial charge in [-0.1, -0.05) is 55.3 Å². The predicted octanol–water partition coefficient (Wildman–Crippen LogP) is 3.14. The fourth-order valence-corrected chi connectivity index (χ4v) is 2.94. The first-order valence-corrected chi connectivity index (χ1v) is 9.28. The molecule has 0 amide bonds. The molecular formula is C9H22BrNSi. The minimum atomic E-state index is -1.08. The van der Waals surface area contributed by atoms with Crippen molar-refractivity contribution in [2.75, 3.05) is 0 Å². The van der Waals surface area contributed by atoms with Crippen molar-refractivity contribution in [1.82, 2.24) is 0 Å². The third kappa shape index (κ3) is 4.63. The van der Waals surface area contributed by atoms with Crippen molar-refractivity contribution in [3.8, 4) is 0 Å². The zero-order valence-corrected chi connectivity index (χ0v) is 11.3. The average Bonchev–Trinajstić information content (AvgIpc) is 1.97. The van der Waals surface area contributed by atoms with Crippen LogP contribution in [0, 0.1) is 0 Å².